The zero-order valence-corrected chi connectivity index (χ0v) is 14.1. The van der Waals surface area contributed by atoms with Gasteiger partial charge >= 0.3 is 5.97 Å². The Labute approximate surface area is 141 Å². The van der Waals surface area contributed by atoms with Crippen molar-refractivity contribution in [3.05, 3.63) is 36.0 Å². The Bertz CT molecular complexity index is 838. The summed E-state index contributed by atoms with van der Waals surface area (Å²) in [6, 6.07) is 8.97. The predicted octanol–water partition coefficient (Wildman–Crippen LogP) is 1.66. The minimum absolute atomic E-state index is 0.151. The first-order valence-corrected chi connectivity index (χ1v) is 9.49. The number of hydrogen-bond donors (Lipinski definition) is 2. The summed E-state index contributed by atoms with van der Waals surface area (Å²) in [5.41, 5.74) is 0.945. The summed E-state index contributed by atoms with van der Waals surface area (Å²) in [5.74, 6) is -1.02. The maximum atomic E-state index is 12.3. The minimum atomic E-state index is -3.50. The zero-order chi connectivity index (χ0) is 17.2. The molecule has 2 aromatic rings. The Morgan fingerprint density at radius 2 is 1.88 bits per heavy atom. The number of carbonyl (C=O) groups is 1. The van der Waals surface area contributed by atoms with E-state index in [1.165, 1.54) is 4.31 Å². The molecule has 8 heteroatoms. The summed E-state index contributed by atoms with van der Waals surface area (Å²) in [6.07, 6.45) is 2.82. The van der Waals surface area contributed by atoms with Crippen LogP contribution in [0.25, 0.3) is 10.9 Å². The van der Waals surface area contributed by atoms with Crippen LogP contribution >= 0.6 is 0 Å². The van der Waals surface area contributed by atoms with Crippen LogP contribution in [0.4, 0.5) is 0 Å². The minimum Gasteiger partial charge on any atom is -0.477 e. The number of rotatable bonds is 6. The van der Waals surface area contributed by atoms with Gasteiger partial charge in [0.1, 0.15) is 5.69 Å². The highest BCUT2D eigenvalue weighted by Crippen LogP contribution is 2.20. The molecule has 1 fully saturated rings. The number of benzene rings is 1. The van der Waals surface area contributed by atoms with Gasteiger partial charge in [-0.05, 0) is 25.0 Å². The van der Waals surface area contributed by atoms with Gasteiger partial charge in [0.05, 0.1) is 0 Å². The molecule has 1 aliphatic heterocycles. The van der Waals surface area contributed by atoms with Crippen molar-refractivity contribution in [3.8, 4) is 0 Å². The van der Waals surface area contributed by atoms with Gasteiger partial charge in [0.2, 0.25) is 0 Å². The molecular formula is C16H21N3O4S. The molecule has 2 heterocycles. The van der Waals surface area contributed by atoms with E-state index in [1.807, 2.05) is 24.3 Å². The molecule has 0 aliphatic carbocycles. The van der Waals surface area contributed by atoms with Gasteiger partial charge in [-0.3, -0.25) is 0 Å². The maximum Gasteiger partial charge on any atom is 0.352 e. The molecule has 1 aromatic heterocycles. The van der Waals surface area contributed by atoms with Gasteiger partial charge in [-0.1, -0.05) is 24.6 Å². The van der Waals surface area contributed by atoms with Crippen molar-refractivity contribution in [3.63, 3.8) is 0 Å². The molecule has 0 spiro atoms. The van der Waals surface area contributed by atoms with E-state index in [4.69, 9.17) is 0 Å². The first-order chi connectivity index (χ1) is 11.5. The van der Waals surface area contributed by atoms with Crippen molar-refractivity contribution < 1.29 is 18.3 Å². The lowest BCUT2D eigenvalue weighted by atomic mass is 10.2. The topological polar surface area (TPSA) is 91.6 Å². The molecular weight excluding hydrogens is 330 g/mol. The van der Waals surface area contributed by atoms with Crippen LogP contribution in [0.15, 0.2) is 30.3 Å². The van der Waals surface area contributed by atoms with Crippen LogP contribution in [0, 0.1) is 0 Å². The number of carboxylic acid groups (broad SMARTS) is 1. The van der Waals surface area contributed by atoms with E-state index in [0.29, 0.717) is 13.1 Å². The molecule has 0 bridgehead atoms. The molecule has 1 aromatic carbocycles. The highest BCUT2D eigenvalue weighted by Gasteiger charge is 2.23. The average Bonchev–Trinajstić information content (AvgIpc) is 2.95. The Morgan fingerprint density at radius 1 is 1.17 bits per heavy atom. The molecule has 7 nitrogen and oxygen atoms in total. The van der Waals surface area contributed by atoms with E-state index in [1.54, 1.807) is 10.6 Å². The molecule has 130 valence electrons. The van der Waals surface area contributed by atoms with Crippen molar-refractivity contribution in [2.75, 3.05) is 19.6 Å². The van der Waals surface area contributed by atoms with Crippen LogP contribution in [0.2, 0.25) is 0 Å². The maximum absolute atomic E-state index is 12.3. The molecule has 0 saturated carbocycles. The fourth-order valence-corrected chi connectivity index (χ4v) is 4.38. The number of nitrogens with one attached hydrogen (secondary N) is 1. The smallest absolute Gasteiger partial charge is 0.352 e. The summed E-state index contributed by atoms with van der Waals surface area (Å²) >= 11 is 0. The van der Waals surface area contributed by atoms with E-state index in [-0.39, 0.29) is 18.8 Å². The number of nitrogens with zero attached hydrogens (tertiary/aromatic N) is 2. The van der Waals surface area contributed by atoms with E-state index < -0.39 is 16.2 Å². The van der Waals surface area contributed by atoms with Crippen LogP contribution in [0.5, 0.6) is 0 Å². The lowest BCUT2D eigenvalue weighted by Crippen LogP contribution is -2.44. The van der Waals surface area contributed by atoms with E-state index in [2.05, 4.69) is 4.72 Å². The lowest BCUT2D eigenvalue weighted by molar-refractivity contribution is 0.0685. The number of aromatic carboxylic acids is 1. The lowest BCUT2D eigenvalue weighted by Gasteiger charge is -2.26. The van der Waals surface area contributed by atoms with Gasteiger partial charge in [-0.15, -0.1) is 0 Å². The zero-order valence-electron chi connectivity index (χ0n) is 13.3. The normalized spacial score (nSPS) is 16.5. The standard InChI is InChI=1S/C16H21N3O4S/c20-16(21)15-12-13-6-2-3-7-14(13)19(15)11-8-17-24(22,23)18-9-4-1-5-10-18/h2-3,6-7,12,17H,1,4-5,8-11H2,(H,20,21). The van der Waals surface area contributed by atoms with Crippen molar-refractivity contribution in [2.45, 2.75) is 25.8 Å². The Morgan fingerprint density at radius 3 is 2.58 bits per heavy atom. The number of para-hydroxylation sites is 1. The van der Waals surface area contributed by atoms with Crippen LogP contribution in [0.3, 0.4) is 0 Å². The molecule has 0 amide bonds. The molecule has 2 N–H and O–H groups in total. The second-order valence-electron chi connectivity index (χ2n) is 5.90. The third-order valence-electron chi connectivity index (χ3n) is 4.30. The summed E-state index contributed by atoms with van der Waals surface area (Å²) in [7, 11) is -3.50. The quantitative estimate of drug-likeness (QED) is 0.828. The highest BCUT2D eigenvalue weighted by molar-refractivity contribution is 7.87. The molecule has 0 atom stereocenters. The van der Waals surface area contributed by atoms with E-state index in [0.717, 1.165) is 30.2 Å². The number of carboxylic acids is 1. The van der Waals surface area contributed by atoms with Gasteiger partial charge in [-0.25, -0.2) is 9.52 Å². The second kappa shape index (κ2) is 6.92. The second-order valence-corrected chi connectivity index (χ2v) is 7.66. The fraction of sp³-hybridized carbons (Fsp3) is 0.438. The van der Waals surface area contributed by atoms with Crippen LogP contribution < -0.4 is 4.72 Å². The van der Waals surface area contributed by atoms with Gasteiger partial charge in [0, 0.05) is 37.1 Å². The Kier molecular flexibility index (Phi) is 4.88. The average molecular weight is 351 g/mol. The van der Waals surface area contributed by atoms with Crippen LogP contribution in [-0.2, 0) is 16.8 Å². The van der Waals surface area contributed by atoms with Crippen molar-refractivity contribution in [2.24, 2.45) is 0 Å². The first-order valence-electron chi connectivity index (χ1n) is 8.05. The summed E-state index contributed by atoms with van der Waals surface area (Å²) < 4.78 is 30.2. The molecule has 0 unspecified atom stereocenters. The largest absolute Gasteiger partial charge is 0.477 e. The SMILES string of the molecule is O=C(O)c1cc2ccccc2n1CCNS(=O)(=O)N1CCCCC1. The van der Waals surface area contributed by atoms with Gasteiger partial charge < -0.3 is 9.67 Å². The molecule has 1 aliphatic rings. The van der Waals surface area contributed by atoms with E-state index >= 15 is 0 Å². The number of hydrogen-bond acceptors (Lipinski definition) is 3. The number of aromatic nitrogens is 1. The summed E-state index contributed by atoms with van der Waals surface area (Å²) in [6.45, 7) is 1.50. The summed E-state index contributed by atoms with van der Waals surface area (Å²) in [4.78, 5) is 11.4. The molecule has 1 saturated heterocycles. The van der Waals surface area contributed by atoms with Crippen molar-refractivity contribution >= 4 is 27.1 Å². The third-order valence-corrected chi connectivity index (χ3v) is 5.92. The van der Waals surface area contributed by atoms with Crippen molar-refractivity contribution in [1.82, 2.24) is 13.6 Å². The van der Waals surface area contributed by atoms with Gasteiger partial charge in [-0.2, -0.15) is 12.7 Å². The molecule has 0 radical (unpaired) electrons. The highest BCUT2D eigenvalue weighted by atomic mass is 32.2. The fourth-order valence-electron chi connectivity index (χ4n) is 3.11. The monoisotopic (exact) mass is 351 g/mol. The third kappa shape index (κ3) is 3.45. The Balaban J connectivity index is 1.73. The van der Waals surface area contributed by atoms with Crippen molar-refractivity contribution in [1.29, 1.82) is 0 Å². The summed E-state index contributed by atoms with van der Waals surface area (Å²) in [5, 5.41) is 10.2. The van der Waals surface area contributed by atoms with E-state index in [9.17, 15) is 18.3 Å². The van der Waals surface area contributed by atoms with Gasteiger partial charge in [0.15, 0.2) is 0 Å². The Hall–Kier alpha value is -1.90. The van der Waals surface area contributed by atoms with Gasteiger partial charge in [0.25, 0.3) is 10.2 Å². The molecule has 24 heavy (non-hydrogen) atoms. The molecule has 3 rings (SSSR count). The number of piperidine rings is 1. The number of fused-ring (bicyclic) bond motifs is 1. The first kappa shape index (κ1) is 16.9. The van der Waals surface area contributed by atoms with Crippen LogP contribution in [0.1, 0.15) is 29.8 Å². The predicted molar refractivity (Wildman–Crippen MR) is 91.2 cm³/mol. The van der Waals surface area contributed by atoms with Crippen LogP contribution in [-0.4, -0.2) is 48.0 Å².